The van der Waals surface area contributed by atoms with Gasteiger partial charge in [0.15, 0.2) is 0 Å². The van der Waals surface area contributed by atoms with Crippen LogP contribution in [0.2, 0.25) is 0 Å². The SMILES string of the molecule is CC=CC=C[P+](c1ccccc1)(c1ccccc1)c1ccccc1. The van der Waals surface area contributed by atoms with Crippen LogP contribution in [-0.4, -0.2) is 0 Å². The second kappa shape index (κ2) is 7.90. The van der Waals surface area contributed by atoms with Crippen LogP contribution in [0, 0.1) is 0 Å². The minimum Gasteiger partial charge on any atom is -0.0875 e. The molecule has 0 nitrogen and oxygen atoms in total. The summed E-state index contributed by atoms with van der Waals surface area (Å²) in [6, 6.07) is 32.6. The Morgan fingerprint density at radius 1 is 0.542 bits per heavy atom. The summed E-state index contributed by atoms with van der Waals surface area (Å²) in [6.07, 6.45) is 6.39. The second-order valence-corrected chi connectivity index (χ2v) is 8.89. The second-order valence-electron chi connectivity index (χ2n) is 5.60. The molecule has 0 radical (unpaired) electrons. The molecule has 1 heteroatoms. The highest BCUT2D eigenvalue weighted by molar-refractivity contribution is 7.98. The van der Waals surface area contributed by atoms with Crippen molar-refractivity contribution >= 4 is 23.2 Å². The van der Waals surface area contributed by atoms with Crippen molar-refractivity contribution in [3.05, 3.63) is 115 Å². The molecule has 3 rings (SSSR count). The molecule has 0 spiro atoms. The van der Waals surface area contributed by atoms with Crippen LogP contribution in [0.1, 0.15) is 6.92 Å². The van der Waals surface area contributed by atoms with E-state index in [1.807, 2.05) is 0 Å². The molecule has 0 atom stereocenters. The lowest BCUT2D eigenvalue weighted by Crippen LogP contribution is -2.29. The lowest BCUT2D eigenvalue weighted by atomic mass is 10.4. The van der Waals surface area contributed by atoms with Crippen molar-refractivity contribution in [2.75, 3.05) is 0 Å². The van der Waals surface area contributed by atoms with Crippen molar-refractivity contribution in [2.24, 2.45) is 0 Å². The normalized spacial score (nSPS) is 12.0. The number of hydrogen-bond acceptors (Lipinski definition) is 0. The van der Waals surface area contributed by atoms with Gasteiger partial charge in [0.05, 0.1) is 5.82 Å². The first-order valence-electron chi connectivity index (χ1n) is 8.24. The third-order valence-electron chi connectivity index (χ3n) is 4.10. The van der Waals surface area contributed by atoms with Gasteiger partial charge in [-0.1, -0.05) is 66.7 Å². The lowest BCUT2D eigenvalue weighted by Gasteiger charge is -2.23. The molecule has 0 saturated carbocycles. The van der Waals surface area contributed by atoms with Gasteiger partial charge >= 0.3 is 0 Å². The number of benzene rings is 3. The van der Waals surface area contributed by atoms with Gasteiger partial charge in [-0.2, -0.15) is 0 Å². The molecular weight excluding hydrogens is 307 g/mol. The van der Waals surface area contributed by atoms with E-state index in [-0.39, 0.29) is 0 Å². The molecule has 0 saturated heterocycles. The summed E-state index contributed by atoms with van der Waals surface area (Å²) in [5.41, 5.74) is 0. The average molecular weight is 329 g/mol. The average Bonchev–Trinajstić information content (AvgIpc) is 2.68. The maximum Gasteiger partial charge on any atom is 0.136 e. The van der Waals surface area contributed by atoms with Crippen molar-refractivity contribution in [1.82, 2.24) is 0 Å². The summed E-state index contributed by atoms with van der Waals surface area (Å²) in [4.78, 5) is 0. The Bertz CT molecular complexity index is 706. The van der Waals surface area contributed by atoms with Crippen molar-refractivity contribution in [1.29, 1.82) is 0 Å². The van der Waals surface area contributed by atoms with Gasteiger partial charge in [0.1, 0.15) is 23.2 Å². The minimum absolute atomic E-state index is 1.38. The largest absolute Gasteiger partial charge is 0.136 e. The van der Waals surface area contributed by atoms with E-state index in [9.17, 15) is 0 Å². The first-order valence-corrected chi connectivity index (χ1v) is 10.1. The van der Waals surface area contributed by atoms with Gasteiger partial charge in [-0.25, -0.2) is 0 Å². The number of hydrogen-bond donors (Lipinski definition) is 0. The Labute approximate surface area is 145 Å². The van der Waals surface area contributed by atoms with Crippen LogP contribution in [0.5, 0.6) is 0 Å². The summed E-state index contributed by atoms with van der Waals surface area (Å²) in [6.45, 7) is 2.05. The molecule has 0 unspecified atom stereocenters. The van der Waals surface area contributed by atoms with Gasteiger partial charge in [-0.05, 0) is 49.4 Å². The monoisotopic (exact) mass is 329 g/mol. The molecular formula is C23H22P+. The van der Waals surface area contributed by atoms with Gasteiger partial charge in [-0.15, -0.1) is 0 Å². The van der Waals surface area contributed by atoms with Crippen LogP contribution < -0.4 is 15.9 Å². The number of rotatable bonds is 5. The zero-order valence-corrected chi connectivity index (χ0v) is 14.8. The zero-order chi connectivity index (χ0) is 16.7. The standard InChI is InChI=1S/C23H22P/c1-2-3-13-20-24(21-14-7-4-8-15-21,22-16-9-5-10-17-22)23-18-11-6-12-19-23/h2-20H,1H3/q+1. The van der Waals surface area contributed by atoms with Gasteiger partial charge < -0.3 is 0 Å². The van der Waals surface area contributed by atoms with Gasteiger partial charge in [0, 0.05) is 0 Å². The fourth-order valence-electron chi connectivity index (χ4n) is 2.98. The Morgan fingerprint density at radius 2 is 0.917 bits per heavy atom. The Kier molecular flexibility index (Phi) is 5.41. The molecule has 0 bridgehead atoms. The van der Waals surface area contributed by atoms with Crippen LogP contribution in [0.3, 0.4) is 0 Å². The van der Waals surface area contributed by atoms with Gasteiger partial charge in [-0.3, -0.25) is 0 Å². The van der Waals surface area contributed by atoms with Crippen LogP contribution in [0.25, 0.3) is 0 Å². The van der Waals surface area contributed by atoms with E-state index < -0.39 is 7.26 Å². The quantitative estimate of drug-likeness (QED) is 0.453. The summed E-state index contributed by atoms with van der Waals surface area (Å²) >= 11 is 0. The van der Waals surface area contributed by atoms with Crippen molar-refractivity contribution < 1.29 is 0 Å². The molecule has 0 N–H and O–H groups in total. The van der Waals surface area contributed by atoms with E-state index >= 15 is 0 Å². The Morgan fingerprint density at radius 3 is 1.25 bits per heavy atom. The fourth-order valence-corrected chi connectivity index (χ4v) is 6.68. The molecule has 118 valence electrons. The Balaban J connectivity index is 2.32. The maximum absolute atomic E-state index is 2.41. The molecule has 0 aromatic heterocycles. The van der Waals surface area contributed by atoms with E-state index in [0.29, 0.717) is 0 Å². The van der Waals surface area contributed by atoms with E-state index in [0.717, 1.165) is 0 Å². The summed E-state index contributed by atoms with van der Waals surface area (Å²) in [7, 11) is -1.81. The molecule has 0 fully saturated rings. The van der Waals surface area contributed by atoms with Gasteiger partial charge in [0.2, 0.25) is 0 Å². The van der Waals surface area contributed by atoms with Crippen LogP contribution >= 0.6 is 7.26 Å². The summed E-state index contributed by atoms with van der Waals surface area (Å²) < 4.78 is 0. The number of allylic oxidation sites excluding steroid dienone is 3. The molecule has 0 aliphatic heterocycles. The van der Waals surface area contributed by atoms with Gasteiger partial charge in [0.25, 0.3) is 0 Å². The molecule has 0 aliphatic rings. The highest BCUT2D eigenvalue weighted by atomic mass is 31.2. The Hall–Kier alpha value is -2.43. The highest BCUT2D eigenvalue weighted by Crippen LogP contribution is 2.56. The predicted molar refractivity (Wildman–Crippen MR) is 109 cm³/mol. The first kappa shape index (κ1) is 16.4. The summed E-state index contributed by atoms with van der Waals surface area (Å²) in [5, 5.41) is 4.13. The zero-order valence-electron chi connectivity index (χ0n) is 13.9. The third-order valence-corrected chi connectivity index (χ3v) is 8.06. The third kappa shape index (κ3) is 3.25. The van der Waals surface area contributed by atoms with E-state index in [1.54, 1.807) is 0 Å². The molecule has 3 aromatic rings. The molecule has 0 heterocycles. The lowest BCUT2D eigenvalue weighted by molar-refractivity contribution is 1.71. The van der Waals surface area contributed by atoms with E-state index in [1.165, 1.54) is 15.9 Å². The van der Waals surface area contributed by atoms with E-state index in [2.05, 4.69) is 122 Å². The van der Waals surface area contributed by atoms with Crippen LogP contribution in [-0.2, 0) is 0 Å². The van der Waals surface area contributed by atoms with Crippen LogP contribution in [0.4, 0.5) is 0 Å². The van der Waals surface area contributed by atoms with Crippen molar-refractivity contribution in [3.63, 3.8) is 0 Å². The van der Waals surface area contributed by atoms with Crippen LogP contribution in [0.15, 0.2) is 115 Å². The smallest absolute Gasteiger partial charge is 0.0875 e. The molecule has 0 aliphatic carbocycles. The fraction of sp³-hybridized carbons (Fsp3) is 0.0435. The maximum atomic E-state index is 2.41. The highest BCUT2D eigenvalue weighted by Gasteiger charge is 2.42. The van der Waals surface area contributed by atoms with Crippen molar-refractivity contribution in [2.45, 2.75) is 6.92 Å². The topological polar surface area (TPSA) is 0 Å². The first-order chi connectivity index (χ1) is 11.9. The molecule has 0 amide bonds. The summed E-state index contributed by atoms with van der Waals surface area (Å²) in [5.74, 6) is 2.41. The minimum atomic E-state index is -1.81. The van der Waals surface area contributed by atoms with Crippen molar-refractivity contribution in [3.8, 4) is 0 Å². The predicted octanol–water partition coefficient (Wildman–Crippen LogP) is 5.07. The van der Waals surface area contributed by atoms with E-state index in [4.69, 9.17) is 0 Å². The molecule has 24 heavy (non-hydrogen) atoms. The molecule has 3 aromatic carbocycles.